The summed E-state index contributed by atoms with van der Waals surface area (Å²) in [7, 11) is 1.88. The lowest BCUT2D eigenvalue weighted by Gasteiger charge is -2.32. The Morgan fingerprint density at radius 1 is 1.14 bits per heavy atom. The van der Waals surface area contributed by atoms with Crippen molar-refractivity contribution in [3.05, 3.63) is 35.9 Å². The van der Waals surface area contributed by atoms with E-state index >= 15 is 0 Å². The number of nitrogens with two attached hydrogens (primary N) is 1. The van der Waals surface area contributed by atoms with E-state index in [9.17, 15) is 4.79 Å². The summed E-state index contributed by atoms with van der Waals surface area (Å²) in [5.74, 6) is 0.246. The summed E-state index contributed by atoms with van der Waals surface area (Å²) in [4.78, 5) is 18.8. The predicted octanol–water partition coefficient (Wildman–Crippen LogP) is 2.18. The molecule has 1 aromatic carbocycles. The molecule has 1 aliphatic heterocycles. The molecule has 1 aromatic rings. The van der Waals surface area contributed by atoms with E-state index in [0.29, 0.717) is 5.92 Å². The van der Waals surface area contributed by atoms with E-state index in [1.165, 1.54) is 19.3 Å². The summed E-state index contributed by atoms with van der Waals surface area (Å²) < 4.78 is 0. The van der Waals surface area contributed by atoms with Crippen LogP contribution in [0.5, 0.6) is 0 Å². The van der Waals surface area contributed by atoms with Crippen molar-refractivity contribution in [1.82, 2.24) is 4.90 Å². The number of hydrogen-bond donors (Lipinski definition) is 1. The lowest BCUT2D eigenvalue weighted by molar-refractivity contribution is -0.133. The van der Waals surface area contributed by atoms with Gasteiger partial charge in [-0.3, -0.25) is 9.79 Å². The van der Waals surface area contributed by atoms with Crippen LogP contribution in [0.4, 0.5) is 0 Å². The minimum Gasteiger partial charge on any atom is -0.339 e. The third-order valence-corrected chi connectivity index (χ3v) is 4.78. The van der Waals surface area contributed by atoms with Crippen molar-refractivity contribution >= 4 is 11.6 Å². The van der Waals surface area contributed by atoms with Gasteiger partial charge >= 0.3 is 0 Å². The van der Waals surface area contributed by atoms with Gasteiger partial charge in [0.1, 0.15) is 0 Å². The Hall–Kier alpha value is -1.68. The number of carbonyl (C=O) groups excluding carboxylic acids is 1. The smallest absolute Gasteiger partial charge is 0.261 e. The zero-order valence-electron chi connectivity index (χ0n) is 12.5. The Bertz CT molecular complexity index is 540. The Balaban J connectivity index is 2.06. The van der Waals surface area contributed by atoms with E-state index in [-0.39, 0.29) is 11.9 Å². The van der Waals surface area contributed by atoms with Crippen LogP contribution in [0.1, 0.15) is 37.7 Å². The van der Waals surface area contributed by atoms with Crippen molar-refractivity contribution in [2.24, 2.45) is 16.6 Å². The fourth-order valence-electron chi connectivity index (χ4n) is 3.64. The van der Waals surface area contributed by atoms with E-state index in [1.807, 2.05) is 30.1 Å². The number of aliphatic imine (C=N–C) groups is 1. The van der Waals surface area contributed by atoms with Crippen molar-refractivity contribution in [2.75, 3.05) is 7.05 Å². The van der Waals surface area contributed by atoms with Crippen LogP contribution in [0, 0.1) is 5.92 Å². The van der Waals surface area contributed by atoms with Crippen molar-refractivity contribution < 1.29 is 4.79 Å². The lowest BCUT2D eigenvalue weighted by Crippen LogP contribution is -2.46. The molecule has 112 valence electrons. The molecule has 0 radical (unpaired) electrons. The number of hydrogen-bond acceptors (Lipinski definition) is 3. The first-order valence-corrected chi connectivity index (χ1v) is 7.84. The molecular weight excluding hydrogens is 262 g/mol. The molecule has 1 amide bonds. The van der Waals surface area contributed by atoms with Gasteiger partial charge in [-0.25, -0.2) is 0 Å². The fraction of sp³-hybridized carbons (Fsp3) is 0.529. The molecule has 0 spiro atoms. The molecule has 1 heterocycles. The quantitative estimate of drug-likeness (QED) is 0.859. The highest BCUT2D eigenvalue weighted by atomic mass is 16.2. The second kappa shape index (κ2) is 5.98. The van der Waals surface area contributed by atoms with Gasteiger partial charge in [-0.1, -0.05) is 49.6 Å². The van der Waals surface area contributed by atoms with E-state index in [1.54, 1.807) is 0 Å². The number of rotatable bonds is 1. The third-order valence-electron chi connectivity index (χ3n) is 4.78. The first-order valence-electron chi connectivity index (χ1n) is 7.84. The molecule has 4 nitrogen and oxygen atoms in total. The minimum atomic E-state index is -0.767. The average molecular weight is 285 g/mol. The topological polar surface area (TPSA) is 58.7 Å². The van der Waals surface area contributed by atoms with Crippen LogP contribution in [-0.4, -0.2) is 35.8 Å². The van der Waals surface area contributed by atoms with Gasteiger partial charge in [-0.05, 0) is 18.4 Å². The number of amides is 1. The molecule has 3 rings (SSSR count). The average Bonchev–Trinajstić information content (AvgIpc) is 2.80. The maximum Gasteiger partial charge on any atom is 0.261 e. The van der Waals surface area contributed by atoms with Crippen LogP contribution in [0.2, 0.25) is 0 Å². The van der Waals surface area contributed by atoms with E-state index in [2.05, 4.69) is 17.1 Å². The predicted molar refractivity (Wildman–Crippen MR) is 84.1 cm³/mol. The first kappa shape index (κ1) is 14.3. The largest absolute Gasteiger partial charge is 0.339 e. The maximum atomic E-state index is 12.4. The van der Waals surface area contributed by atoms with Gasteiger partial charge in [0.2, 0.25) is 0 Å². The standard InChI is InChI=1S/C17H23N3O/c1-20-14-11-7-3-6-10-13(14)15(19-16(18)17(20)21)12-8-4-2-5-9-12/h2,4-5,8-9,13-14,16H,3,6-7,10-11,18H2,1H3. The molecule has 1 aliphatic carbocycles. The van der Waals surface area contributed by atoms with Gasteiger partial charge in [0, 0.05) is 24.7 Å². The van der Waals surface area contributed by atoms with Crippen LogP contribution in [0.15, 0.2) is 35.3 Å². The van der Waals surface area contributed by atoms with Crippen LogP contribution in [-0.2, 0) is 4.79 Å². The molecule has 2 N–H and O–H groups in total. The van der Waals surface area contributed by atoms with Crippen LogP contribution < -0.4 is 5.73 Å². The summed E-state index contributed by atoms with van der Waals surface area (Å²) in [6, 6.07) is 10.4. The van der Waals surface area contributed by atoms with Gasteiger partial charge in [0.15, 0.2) is 6.17 Å². The third kappa shape index (κ3) is 2.72. The van der Waals surface area contributed by atoms with E-state index < -0.39 is 6.17 Å². The van der Waals surface area contributed by atoms with Crippen molar-refractivity contribution in [2.45, 2.75) is 44.3 Å². The van der Waals surface area contributed by atoms with Gasteiger partial charge in [-0.2, -0.15) is 0 Å². The highest BCUT2D eigenvalue weighted by molar-refractivity contribution is 6.05. The molecule has 3 atom stereocenters. The van der Waals surface area contributed by atoms with E-state index in [0.717, 1.165) is 24.1 Å². The second-order valence-electron chi connectivity index (χ2n) is 6.09. The number of likely N-dealkylation sites (N-methyl/N-ethyl adjacent to an activating group) is 1. The minimum absolute atomic E-state index is 0.0576. The molecule has 3 unspecified atom stereocenters. The number of nitrogens with zero attached hydrogens (tertiary/aromatic N) is 2. The first-order chi connectivity index (χ1) is 10.2. The van der Waals surface area contributed by atoms with Crippen LogP contribution in [0.25, 0.3) is 0 Å². The summed E-state index contributed by atoms with van der Waals surface area (Å²) in [5.41, 5.74) is 8.14. The Labute approximate surface area is 126 Å². The zero-order chi connectivity index (χ0) is 14.8. The number of fused-ring (bicyclic) bond motifs is 1. The summed E-state index contributed by atoms with van der Waals surface area (Å²) in [6.07, 6.45) is 4.98. The van der Waals surface area contributed by atoms with Crippen LogP contribution >= 0.6 is 0 Å². The van der Waals surface area contributed by atoms with Crippen molar-refractivity contribution in [3.8, 4) is 0 Å². The Morgan fingerprint density at radius 2 is 1.86 bits per heavy atom. The van der Waals surface area contributed by atoms with Gasteiger partial charge in [0.05, 0.1) is 0 Å². The SMILES string of the molecule is CN1C(=O)C(N)N=C(c2ccccc2)C2CCCCCC21. The summed E-state index contributed by atoms with van der Waals surface area (Å²) >= 11 is 0. The fourth-order valence-corrected chi connectivity index (χ4v) is 3.64. The second-order valence-corrected chi connectivity index (χ2v) is 6.09. The highest BCUT2D eigenvalue weighted by Crippen LogP contribution is 2.32. The molecule has 1 saturated carbocycles. The van der Waals surface area contributed by atoms with Gasteiger partial charge in [-0.15, -0.1) is 0 Å². The Kier molecular flexibility index (Phi) is 4.06. The molecule has 21 heavy (non-hydrogen) atoms. The summed E-state index contributed by atoms with van der Waals surface area (Å²) in [6.45, 7) is 0. The Morgan fingerprint density at radius 3 is 2.62 bits per heavy atom. The van der Waals surface area contributed by atoms with Gasteiger partial charge < -0.3 is 10.6 Å². The van der Waals surface area contributed by atoms with Gasteiger partial charge in [0.25, 0.3) is 5.91 Å². The molecule has 2 aliphatic rings. The normalized spacial score (nSPS) is 30.2. The van der Waals surface area contributed by atoms with Crippen molar-refractivity contribution in [3.63, 3.8) is 0 Å². The zero-order valence-corrected chi connectivity index (χ0v) is 12.5. The molecule has 1 fully saturated rings. The van der Waals surface area contributed by atoms with E-state index in [4.69, 9.17) is 5.73 Å². The number of benzene rings is 1. The lowest BCUT2D eigenvalue weighted by atomic mass is 9.86. The molecule has 0 saturated heterocycles. The highest BCUT2D eigenvalue weighted by Gasteiger charge is 2.37. The van der Waals surface area contributed by atoms with Crippen molar-refractivity contribution in [1.29, 1.82) is 0 Å². The molecule has 0 aromatic heterocycles. The molecule has 0 bridgehead atoms. The molecule has 4 heteroatoms. The van der Waals surface area contributed by atoms with Crippen LogP contribution in [0.3, 0.4) is 0 Å². The maximum absolute atomic E-state index is 12.4. The number of carbonyl (C=O) groups is 1. The molecular formula is C17H23N3O. The summed E-state index contributed by atoms with van der Waals surface area (Å²) in [5, 5.41) is 0. The monoisotopic (exact) mass is 285 g/mol.